The molecule has 0 aliphatic carbocycles. The highest BCUT2D eigenvalue weighted by molar-refractivity contribution is 6.02. The number of rotatable bonds is 7. The van der Waals surface area contributed by atoms with Crippen LogP contribution in [0.1, 0.15) is 36.7 Å². The highest BCUT2D eigenvalue weighted by Crippen LogP contribution is 2.29. The summed E-state index contributed by atoms with van der Waals surface area (Å²) >= 11 is 0. The van der Waals surface area contributed by atoms with E-state index in [1.165, 1.54) is 4.90 Å². The number of H-pyrrole nitrogens is 1. The van der Waals surface area contributed by atoms with Crippen molar-refractivity contribution in [3.63, 3.8) is 0 Å². The fraction of sp³-hybridized carbons (Fsp3) is 0.478. The van der Waals surface area contributed by atoms with E-state index in [9.17, 15) is 19.2 Å². The van der Waals surface area contributed by atoms with Gasteiger partial charge in [-0.25, -0.2) is 0 Å². The zero-order chi connectivity index (χ0) is 23.7. The zero-order valence-electron chi connectivity index (χ0n) is 18.7. The van der Waals surface area contributed by atoms with Crippen LogP contribution in [0, 0.1) is 11.8 Å². The predicted octanol–water partition coefficient (Wildman–Crippen LogP) is 0.523. The predicted molar refractivity (Wildman–Crippen MR) is 120 cm³/mol. The number of nitrogens with zero attached hydrogens (tertiary/aromatic N) is 1. The standard InChI is InChI=1S/C23H29N5O5/c1-12-8-18(22(31)27-16(20(24)29)9-13-6-7-25-21(13)30)28(11-12)23(32)17-10-14-15(26-17)4-3-5-19(14)33-2/h3-5,10,12-13,16,18,26H,6-9,11H2,1-2H3,(H2,24,29)(H,25,30)(H,27,31)/t12-,13+,16+,18+/m1/s1. The average Bonchev–Trinajstić information content (AvgIpc) is 3.50. The lowest BCUT2D eigenvalue weighted by Gasteiger charge is -2.26. The van der Waals surface area contributed by atoms with E-state index in [0.717, 1.165) is 10.9 Å². The summed E-state index contributed by atoms with van der Waals surface area (Å²) in [5.41, 5.74) is 6.62. The molecule has 0 radical (unpaired) electrons. The van der Waals surface area contributed by atoms with Crippen molar-refractivity contribution < 1.29 is 23.9 Å². The Bertz CT molecular complexity index is 1100. The maximum atomic E-state index is 13.3. The molecule has 1 aromatic heterocycles. The number of aromatic nitrogens is 1. The number of hydrogen-bond donors (Lipinski definition) is 4. The van der Waals surface area contributed by atoms with Gasteiger partial charge in [-0.3, -0.25) is 19.2 Å². The Balaban J connectivity index is 1.51. The van der Waals surface area contributed by atoms with Crippen LogP contribution >= 0.6 is 0 Å². The van der Waals surface area contributed by atoms with E-state index in [0.29, 0.717) is 37.4 Å². The summed E-state index contributed by atoms with van der Waals surface area (Å²) in [6.45, 7) is 2.92. The van der Waals surface area contributed by atoms with Crippen LogP contribution in [-0.4, -0.2) is 65.8 Å². The molecule has 3 heterocycles. The summed E-state index contributed by atoms with van der Waals surface area (Å²) in [7, 11) is 1.57. The summed E-state index contributed by atoms with van der Waals surface area (Å²) < 4.78 is 5.37. The molecule has 2 aliphatic heterocycles. The Hall–Kier alpha value is -3.56. The van der Waals surface area contributed by atoms with Gasteiger partial charge in [-0.05, 0) is 43.4 Å². The number of amides is 4. The monoisotopic (exact) mass is 455 g/mol. The lowest BCUT2D eigenvalue weighted by atomic mass is 9.97. The molecule has 4 rings (SSSR count). The molecule has 2 saturated heterocycles. The lowest BCUT2D eigenvalue weighted by Crippen LogP contribution is -2.53. The van der Waals surface area contributed by atoms with Crippen LogP contribution in [0.2, 0.25) is 0 Å². The first-order valence-corrected chi connectivity index (χ1v) is 11.1. The molecule has 4 amide bonds. The fourth-order valence-electron chi connectivity index (χ4n) is 4.76. The third kappa shape index (κ3) is 4.50. The number of ether oxygens (including phenoxy) is 1. The minimum absolute atomic E-state index is 0.108. The second-order valence-corrected chi connectivity index (χ2v) is 8.89. The van der Waals surface area contributed by atoms with Crippen LogP contribution in [0.4, 0.5) is 0 Å². The number of likely N-dealkylation sites (tertiary alicyclic amines) is 1. The molecule has 1 aromatic carbocycles. The Morgan fingerprint density at radius 3 is 2.79 bits per heavy atom. The van der Waals surface area contributed by atoms with E-state index in [4.69, 9.17) is 10.5 Å². The molecule has 2 aliphatic rings. The minimum atomic E-state index is -0.975. The topological polar surface area (TPSA) is 147 Å². The van der Waals surface area contributed by atoms with Gasteiger partial charge in [-0.15, -0.1) is 0 Å². The fourth-order valence-corrected chi connectivity index (χ4v) is 4.76. The van der Waals surface area contributed by atoms with Crippen molar-refractivity contribution in [2.45, 2.75) is 38.3 Å². The van der Waals surface area contributed by atoms with Gasteiger partial charge in [0.05, 0.1) is 7.11 Å². The number of nitrogens with one attached hydrogen (secondary N) is 3. The minimum Gasteiger partial charge on any atom is -0.496 e. The molecule has 10 nitrogen and oxygen atoms in total. The molecule has 2 aromatic rings. The molecule has 10 heteroatoms. The second kappa shape index (κ2) is 9.13. The van der Waals surface area contributed by atoms with Gasteiger partial charge in [0.1, 0.15) is 23.5 Å². The SMILES string of the molecule is COc1cccc2[nH]c(C(=O)N3C[C@H](C)C[C@H]3C(=O)N[C@@H](C[C@@H]3CCNC3=O)C(N)=O)cc12. The summed E-state index contributed by atoms with van der Waals surface area (Å²) in [5, 5.41) is 6.19. The number of benzene rings is 1. The van der Waals surface area contributed by atoms with Crippen LogP contribution in [-0.2, 0) is 14.4 Å². The molecule has 0 saturated carbocycles. The smallest absolute Gasteiger partial charge is 0.270 e. The van der Waals surface area contributed by atoms with E-state index in [1.54, 1.807) is 13.2 Å². The third-order valence-corrected chi connectivity index (χ3v) is 6.49. The first-order valence-electron chi connectivity index (χ1n) is 11.1. The number of nitrogens with two attached hydrogens (primary N) is 1. The van der Waals surface area contributed by atoms with Gasteiger partial charge in [0.2, 0.25) is 17.7 Å². The quantitative estimate of drug-likeness (QED) is 0.481. The molecule has 0 bridgehead atoms. The maximum absolute atomic E-state index is 13.3. The van der Waals surface area contributed by atoms with Crippen LogP contribution in [0.3, 0.4) is 0 Å². The number of aromatic amines is 1. The molecule has 4 atom stereocenters. The van der Waals surface area contributed by atoms with Crippen LogP contribution in [0.25, 0.3) is 10.9 Å². The summed E-state index contributed by atoms with van der Waals surface area (Å²) in [5.74, 6) is -1.20. The summed E-state index contributed by atoms with van der Waals surface area (Å²) in [4.78, 5) is 55.0. The lowest BCUT2D eigenvalue weighted by molar-refractivity contribution is -0.131. The number of carbonyl (C=O) groups excluding carboxylic acids is 4. The average molecular weight is 456 g/mol. The highest BCUT2D eigenvalue weighted by Gasteiger charge is 2.40. The Morgan fingerprint density at radius 2 is 2.12 bits per heavy atom. The Kier molecular flexibility index (Phi) is 6.26. The van der Waals surface area contributed by atoms with Crippen molar-refractivity contribution in [1.29, 1.82) is 0 Å². The molecule has 176 valence electrons. The van der Waals surface area contributed by atoms with Gasteiger partial charge in [-0.1, -0.05) is 13.0 Å². The second-order valence-electron chi connectivity index (χ2n) is 8.89. The zero-order valence-corrected chi connectivity index (χ0v) is 18.7. The molecule has 33 heavy (non-hydrogen) atoms. The van der Waals surface area contributed by atoms with Crippen LogP contribution in [0.5, 0.6) is 5.75 Å². The molecule has 5 N–H and O–H groups in total. The largest absolute Gasteiger partial charge is 0.496 e. The van der Waals surface area contributed by atoms with E-state index in [2.05, 4.69) is 15.6 Å². The molecular formula is C23H29N5O5. The number of methoxy groups -OCH3 is 1. The third-order valence-electron chi connectivity index (χ3n) is 6.49. The van der Waals surface area contributed by atoms with Crippen molar-refractivity contribution in [2.75, 3.05) is 20.2 Å². The number of carbonyl (C=O) groups is 4. The highest BCUT2D eigenvalue weighted by atomic mass is 16.5. The van der Waals surface area contributed by atoms with Gasteiger partial charge in [0.25, 0.3) is 5.91 Å². The van der Waals surface area contributed by atoms with E-state index in [-0.39, 0.29) is 30.1 Å². The maximum Gasteiger partial charge on any atom is 0.270 e. The molecular weight excluding hydrogens is 426 g/mol. The Labute approximate surface area is 191 Å². The number of hydrogen-bond acceptors (Lipinski definition) is 5. The van der Waals surface area contributed by atoms with Crippen molar-refractivity contribution in [2.24, 2.45) is 17.6 Å². The first-order chi connectivity index (χ1) is 15.8. The van der Waals surface area contributed by atoms with Crippen molar-refractivity contribution in [3.8, 4) is 5.75 Å². The summed E-state index contributed by atoms with van der Waals surface area (Å²) in [6.07, 6.45) is 1.20. The van der Waals surface area contributed by atoms with Crippen LogP contribution in [0.15, 0.2) is 24.3 Å². The summed E-state index contributed by atoms with van der Waals surface area (Å²) in [6, 6.07) is 5.50. The first kappa shape index (κ1) is 22.6. The number of fused-ring (bicyclic) bond motifs is 1. The van der Waals surface area contributed by atoms with Crippen molar-refractivity contribution in [3.05, 3.63) is 30.0 Å². The van der Waals surface area contributed by atoms with Crippen LogP contribution < -0.4 is 21.1 Å². The number of primary amides is 1. The van der Waals surface area contributed by atoms with E-state index >= 15 is 0 Å². The van der Waals surface area contributed by atoms with Crippen molar-refractivity contribution >= 4 is 34.5 Å². The van der Waals surface area contributed by atoms with E-state index in [1.807, 2.05) is 25.1 Å². The molecule has 0 unspecified atom stereocenters. The van der Waals surface area contributed by atoms with Gasteiger partial charge in [0.15, 0.2) is 0 Å². The Morgan fingerprint density at radius 1 is 1.33 bits per heavy atom. The molecule has 2 fully saturated rings. The van der Waals surface area contributed by atoms with Gasteiger partial charge in [-0.2, -0.15) is 0 Å². The normalized spacial score (nSPS) is 23.4. The van der Waals surface area contributed by atoms with Gasteiger partial charge in [0, 0.05) is 29.9 Å². The van der Waals surface area contributed by atoms with Gasteiger partial charge >= 0.3 is 0 Å². The van der Waals surface area contributed by atoms with E-state index < -0.39 is 23.9 Å². The van der Waals surface area contributed by atoms with Gasteiger partial charge < -0.3 is 31.0 Å². The molecule has 0 spiro atoms. The van der Waals surface area contributed by atoms with Crippen molar-refractivity contribution in [1.82, 2.24) is 20.5 Å².